The molecule has 0 bridgehead atoms. The number of ether oxygens (including phenoxy) is 3. The fraction of sp³-hybridized carbons (Fsp3) is 0.323. The number of fused-ring (bicyclic) bond motifs is 6. The molecule has 1 saturated carbocycles. The maximum absolute atomic E-state index is 15.0. The van der Waals surface area contributed by atoms with E-state index in [4.69, 9.17) is 14.2 Å². The third-order valence-electron chi connectivity index (χ3n) is 16.0. The van der Waals surface area contributed by atoms with Crippen LogP contribution in [0.5, 0.6) is 11.5 Å². The van der Waals surface area contributed by atoms with E-state index in [-0.39, 0.29) is 12.4 Å². The number of aliphatic hydroxyl groups excluding tert-OH is 1. The largest absolute Gasteiger partial charge is 0.848 e. The highest BCUT2D eigenvalue weighted by Gasteiger charge is 2.50. The van der Waals surface area contributed by atoms with Gasteiger partial charge in [0, 0.05) is 53.3 Å². The van der Waals surface area contributed by atoms with Gasteiger partial charge in [0.1, 0.15) is 17.1 Å². The standard InChI is InChI=1S/C65H67N2O6/c1-63(2)55-38-28-44-21-14-16-25-51(44)59(55)67(39-17-9-19-41-73-65(45-22-10-7-11-23-45,46-29-33-48(71-5)34-30-46)47-31-35-49(72-6)36-32-47)56(63)42-53-60(69)57(61(53)70)52(26-12-8-18-40-68)62-64(3,4)54-37-27-43-20-13-15-24-50(43)58(54)66-62/h7,10-11,13-16,20-25,27-38,42,53,60,68H,8-9,12,17-19,26,39-41H2,1-6H3/q-1/p+1. The van der Waals surface area contributed by atoms with E-state index < -0.39 is 28.5 Å². The zero-order chi connectivity index (χ0) is 50.9. The van der Waals surface area contributed by atoms with Crippen LogP contribution in [0.4, 0.5) is 11.4 Å². The summed E-state index contributed by atoms with van der Waals surface area (Å²) < 4.78 is 18.4. The molecule has 1 fully saturated rings. The summed E-state index contributed by atoms with van der Waals surface area (Å²) >= 11 is 0. The molecule has 8 nitrogen and oxygen atoms in total. The Hall–Kier alpha value is -6.84. The first-order chi connectivity index (χ1) is 35.4. The Balaban J connectivity index is 0.947. The quantitative estimate of drug-likeness (QED) is 0.0472. The molecule has 10 rings (SSSR count). The second-order valence-corrected chi connectivity index (χ2v) is 21.0. The molecule has 2 heterocycles. The van der Waals surface area contributed by atoms with Crippen molar-refractivity contribution in [3.05, 3.63) is 202 Å². The van der Waals surface area contributed by atoms with Crippen LogP contribution in [0.3, 0.4) is 0 Å². The minimum absolute atomic E-state index is 0.0834. The lowest BCUT2D eigenvalue weighted by Crippen LogP contribution is -2.67. The van der Waals surface area contributed by atoms with E-state index in [2.05, 4.69) is 153 Å². The number of carbonyl (C=O) groups is 1. The molecule has 0 radical (unpaired) electrons. The van der Waals surface area contributed by atoms with Crippen LogP contribution in [-0.2, 0) is 26.0 Å². The summed E-state index contributed by atoms with van der Waals surface area (Å²) in [5.74, 6) is 0.665. The summed E-state index contributed by atoms with van der Waals surface area (Å²) in [6, 6.07) is 52.4. The summed E-state index contributed by atoms with van der Waals surface area (Å²) in [4.78, 5) is 21.1. The van der Waals surface area contributed by atoms with Crippen LogP contribution >= 0.6 is 0 Å². The number of hydrogen-bond donors (Lipinski definition) is 2. The molecule has 0 spiro atoms. The molecule has 3 aliphatic rings. The van der Waals surface area contributed by atoms with Crippen molar-refractivity contribution < 1.29 is 34.2 Å². The SMILES string of the molecule is COc1ccc(C(OCCCCCN2C(=CC3C(=O)C(=C(CCCCCO)C4=[NH+]c5c(ccc6ccccc56)C4(C)C)C3[O-])C(C)(C)c3ccc4ccccc4c32)(c2ccccc2)c2ccc(OC)cc2)cc1. The Labute approximate surface area is 430 Å². The molecule has 0 aromatic heterocycles. The number of rotatable bonds is 19. The van der Waals surface area contributed by atoms with Gasteiger partial charge in [-0.05, 0) is 121 Å². The van der Waals surface area contributed by atoms with Gasteiger partial charge in [0.05, 0.1) is 30.7 Å². The molecule has 7 aromatic carbocycles. The fourth-order valence-corrected chi connectivity index (χ4v) is 12.0. The van der Waals surface area contributed by atoms with Gasteiger partial charge in [-0.3, -0.25) is 4.79 Å². The first-order valence-corrected chi connectivity index (χ1v) is 26.2. The number of ketones is 1. The van der Waals surface area contributed by atoms with E-state index in [1.54, 1.807) is 14.2 Å². The number of anilines is 1. The number of benzene rings is 7. The van der Waals surface area contributed by atoms with Crippen molar-refractivity contribution in [2.45, 2.75) is 95.2 Å². The molecular formula is C65H68N2O6. The van der Waals surface area contributed by atoms with E-state index >= 15 is 0 Å². The highest BCUT2D eigenvalue weighted by molar-refractivity contribution is 6.17. The summed E-state index contributed by atoms with van der Waals surface area (Å²) in [7, 11) is 3.36. The second kappa shape index (κ2) is 20.6. The van der Waals surface area contributed by atoms with Crippen LogP contribution < -0.4 is 24.5 Å². The van der Waals surface area contributed by atoms with Crippen molar-refractivity contribution in [1.82, 2.24) is 0 Å². The lowest BCUT2D eigenvalue weighted by molar-refractivity contribution is -0.419. The Morgan fingerprint density at radius 1 is 0.658 bits per heavy atom. The summed E-state index contributed by atoms with van der Waals surface area (Å²) in [5.41, 5.74) is 8.95. The number of nitrogens with one attached hydrogen (secondary N) is 1. The molecule has 2 N–H and O–H groups in total. The van der Waals surface area contributed by atoms with Crippen LogP contribution in [-0.4, -0.2) is 56.7 Å². The smallest absolute Gasteiger partial charge is 0.215 e. The average Bonchev–Trinajstić information content (AvgIpc) is 3.83. The number of unbranched alkanes of at least 4 members (excludes halogenated alkanes) is 4. The van der Waals surface area contributed by atoms with Gasteiger partial charge in [-0.2, -0.15) is 0 Å². The minimum Gasteiger partial charge on any atom is -0.848 e. The lowest BCUT2D eigenvalue weighted by Gasteiger charge is -2.44. The van der Waals surface area contributed by atoms with Crippen molar-refractivity contribution >= 4 is 44.4 Å². The predicted octanol–water partition coefficient (Wildman–Crippen LogP) is 11.1. The Morgan fingerprint density at radius 2 is 1.23 bits per heavy atom. The number of methoxy groups -OCH3 is 2. The molecular weight excluding hydrogens is 905 g/mol. The van der Waals surface area contributed by atoms with Gasteiger partial charge in [0.2, 0.25) is 5.69 Å². The monoisotopic (exact) mass is 973 g/mol. The van der Waals surface area contributed by atoms with Gasteiger partial charge in [-0.15, -0.1) is 0 Å². The van der Waals surface area contributed by atoms with Crippen molar-refractivity contribution in [3.8, 4) is 11.5 Å². The fourth-order valence-electron chi connectivity index (χ4n) is 12.0. The molecule has 2 aliphatic heterocycles. The van der Waals surface area contributed by atoms with Crippen LogP contribution in [0.1, 0.15) is 100 Å². The minimum atomic E-state index is -1.21. The third-order valence-corrected chi connectivity index (χ3v) is 16.0. The van der Waals surface area contributed by atoms with Gasteiger partial charge in [0.25, 0.3) is 0 Å². The normalized spacial score (nSPS) is 19.0. The van der Waals surface area contributed by atoms with Gasteiger partial charge in [-0.1, -0.05) is 154 Å². The number of carbonyl (C=O) groups excluding carboxylic acids is 1. The number of hydrogen-bond acceptors (Lipinski definition) is 7. The van der Waals surface area contributed by atoms with E-state index in [9.17, 15) is 15.0 Å². The van der Waals surface area contributed by atoms with Crippen molar-refractivity contribution in [1.29, 1.82) is 0 Å². The second-order valence-electron chi connectivity index (χ2n) is 21.0. The van der Waals surface area contributed by atoms with Gasteiger partial charge in [0.15, 0.2) is 11.5 Å². The van der Waals surface area contributed by atoms with Gasteiger partial charge >= 0.3 is 0 Å². The van der Waals surface area contributed by atoms with Crippen molar-refractivity contribution in [2.24, 2.45) is 5.92 Å². The molecule has 7 aromatic rings. The summed E-state index contributed by atoms with van der Waals surface area (Å²) in [5, 5.41) is 29.2. The highest BCUT2D eigenvalue weighted by Crippen LogP contribution is 2.52. The van der Waals surface area contributed by atoms with E-state index in [1.807, 2.05) is 42.5 Å². The number of nitrogens with zero attached hydrogens (tertiary/aromatic N) is 1. The van der Waals surface area contributed by atoms with E-state index in [0.717, 1.165) is 116 Å². The summed E-state index contributed by atoms with van der Waals surface area (Å²) in [6.07, 6.45) is 6.22. The van der Waals surface area contributed by atoms with Crippen molar-refractivity contribution in [3.63, 3.8) is 0 Å². The van der Waals surface area contributed by atoms with Crippen LogP contribution in [0, 0.1) is 5.92 Å². The van der Waals surface area contributed by atoms with Crippen LogP contribution in [0.2, 0.25) is 0 Å². The average molecular weight is 973 g/mol. The highest BCUT2D eigenvalue weighted by atomic mass is 16.5. The first kappa shape index (κ1) is 49.7. The van der Waals surface area contributed by atoms with Gasteiger partial charge < -0.3 is 29.3 Å². The van der Waals surface area contributed by atoms with E-state index in [0.29, 0.717) is 31.6 Å². The van der Waals surface area contributed by atoms with E-state index in [1.165, 1.54) is 5.56 Å². The Morgan fingerprint density at radius 3 is 1.86 bits per heavy atom. The first-order valence-electron chi connectivity index (χ1n) is 26.2. The zero-order valence-electron chi connectivity index (χ0n) is 43.2. The molecule has 73 heavy (non-hydrogen) atoms. The maximum Gasteiger partial charge on any atom is 0.215 e. The Kier molecular flexibility index (Phi) is 14.0. The molecule has 0 amide bonds. The molecule has 0 saturated heterocycles. The molecule has 374 valence electrons. The summed E-state index contributed by atoms with van der Waals surface area (Å²) in [6.45, 7) is 10.2. The number of aliphatic hydroxyl groups is 1. The maximum atomic E-state index is 15.0. The lowest BCUT2D eigenvalue weighted by atomic mass is 9.67. The van der Waals surface area contributed by atoms with Crippen LogP contribution in [0.25, 0.3) is 21.5 Å². The third kappa shape index (κ3) is 8.87. The predicted molar refractivity (Wildman–Crippen MR) is 292 cm³/mol. The molecule has 2 unspecified atom stereocenters. The van der Waals surface area contributed by atoms with Crippen molar-refractivity contribution in [2.75, 3.05) is 38.9 Å². The topological polar surface area (TPSA) is 105 Å². The van der Waals surface area contributed by atoms with Crippen LogP contribution in [0.15, 0.2) is 175 Å². The number of allylic oxidation sites excluding steroid dienone is 2. The zero-order valence-corrected chi connectivity index (χ0v) is 43.2. The van der Waals surface area contributed by atoms with Gasteiger partial charge in [-0.25, -0.2) is 4.99 Å². The molecule has 8 heteroatoms. The Bertz CT molecular complexity index is 3190. The molecule has 2 atom stereocenters. The number of Topliss-reactive ketones (excluding diaryl/α,β-unsaturated/α-hetero) is 1. The molecule has 1 aliphatic carbocycles.